The van der Waals surface area contributed by atoms with Crippen LogP contribution in [0.25, 0.3) is 0 Å². The largest absolute Gasteiger partial charge is 0.481 e. The average molecular weight is 313 g/mol. The Labute approximate surface area is 113 Å². The van der Waals surface area contributed by atoms with E-state index in [1.54, 1.807) is 23.1 Å². The molecule has 1 aliphatic heterocycles. The van der Waals surface area contributed by atoms with E-state index >= 15 is 0 Å². The minimum absolute atomic E-state index is 0.174. The number of benzene rings is 1. The van der Waals surface area contributed by atoms with E-state index in [1.165, 1.54) is 0 Å². The van der Waals surface area contributed by atoms with E-state index in [0.29, 0.717) is 24.2 Å². The van der Waals surface area contributed by atoms with E-state index in [0.717, 1.165) is 4.47 Å². The molecule has 1 aromatic rings. The Bertz CT molecular complexity index is 484. The summed E-state index contributed by atoms with van der Waals surface area (Å²) in [5.41, 5.74) is 6.66. The van der Waals surface area contributed by atoms with Gasteiger partial charge in [0, 0.05) is 28.8 Å². The molecule has 18 heavy (non-hydrogen) atoms. The zero-order valence-electron chi connectivity index (χ0n) is 9.60. The minimum Gasteiger partial charge on any atom is -0.481 e. The SMILES string of the molecule is Nc1cc(Br)cc(C(=O)N2CCC(C(=O)O)C2)c1. The summed E-state index contributed by atoms with van der Waals surface area (Å²) < 4.78 is 0.736. The number of nitrogen functional groups attached to an aromatic ring is 1. The number of carboxylic acids is 1. The first-order valence-corrected chi connectivity index (χ1v) is 6.35. The number of hydrogen-bond donors (Lipinski definition) is 2. The van der Waals surface area contributed by atoms with Crippen LogP contribution >= 0.6 is 15.9 Å². The summed E-state index contributed by atoms with van der Waals surface area (Å²) in [6, 6.07) is 4.99. The Morgan fingerprint density at radius 1 is 1.39 bits per heavy atom. The van der Waals surface area contributed by atoms with Gasteiger partial charge in [-0.15, -0.1) is 0 Å². The number of nitrogens with two attached hydrogens (primary N) is 1. The number of anilines is 1. The van der Waals surface area contributed by atoms with Crippen LogP contribution < -0.4 is 5.73 Å². The van der Waals surface area contributed by atoms with Crippen molar-refractivity contribution < 1.29 is 14.7 Å². The lowest BCUT2D eigenvalue weighted by Crippen LogP contribution is -2.30. The molecule has 1 fully saturated rings. The molecule has 6 heteroatoms. The van der Waals surface area contributed by atoms with Crippen molar-refractivity contribution in [2.45, 2.75) is 6.42 Å². The Hall–Kier alpha value is -1.56. The Morgan fingerprint density at radius 3 is 2.67 bits per heavy atom. The molecule has 1 atom stereocenters. The van der Waals surface area contributed by atoms with Crippen molar-refractivity contribution in [3.05, 3.63) is 28.2 Å². The van der Waals surface area contributed by atoms with Gasteiger partial charge in [0.25, 0.3) is 5.91 Å². The number of carbonyl (C=O) groups is 2. The molecular weight excluding hydrogens is 300 g/mol. The fraction of sp³-hybridized carbons (Fsp3) is 0.333. The van der Waals surface area contributed by atoms with Crippen LogP contribution in [0.2, 0.25) is 0 Å². The van der Waals surface area contributed by atoms with Crippen molar-refractivity contribution in [1.82, 2.24) is 4.90 Å². The van der Waals surface area contributed by atoms with Gasteiger partial charge in [0.1, 0.15) is 0 Å². The number of hydrogen-bond acceptors (Lipinski definition) is 3. The molecule has 1 saturated heterocycles. The summed E-state index contributed by atoms with van der Waals surface area (Å²) in [6.45, 7) is 0.739. The lowest BCUT2D eigenvalue weighted by atomic mass is 10.1. The molecule has 0 bridgehead atoms. The number of carboxylic acid groups (broad SMARTS) is 1. The molecule has 1 aromatic carbocycles. The van der Waals surface area contributed by atoms with Crippen molar-refractivity contribution in [2.24, 2.45) is 5.92 Å². The molecule has 1 amide bonds. The van der Waals surface area contributed by atoms with Crippen LogP contribution in [-0.4, -0.2) is 35.0 Å². The molecule has 1 aliphatic rings. The molecule has 96 valence electrons. The first-order valence-electron chi connectivity index (χ1n) is 5.55. The maximum absolute atomic E-state index is 12.2. The van der Waals surface area contributed by atoms with Crippen LogP contribution in [-0.2, 0) is 4.79 Å². The van der Waals surface area contributed by atoms with Crippen molar-refractivity contribution in [3.63, 3.8) is 0 Å². The van der Waals surface area contributed by atoms with Crippen molar-refractivity contribution in [3.8, 4) is 0 Å². The molecule has 0 saturated carbocycles. The summed E-state index contributed by atoms with van der Waals surface area (Å²) in [7, 11) is 0. The fourth-order valence-corrected chi connectivity index (χ4v) is 2.58. The van der Waals surface area contributed by atoms with E-state index in [1.807, 2.05) is 0 Å². The minimum atomic E-state index is -0.848. The van der Waals surface area contributed by atoms with Gasteiger partial charge >= 0.3 is 5.97 Å². The quantitative estimate of drug-likeness (QED) is 0.812. The van der Waals surface area contributed by atoms with E-state index < -0.39 is 11.9 Å². The second kappa shape index (κ2) is 4.97. The summed E-state index contributed by atoms with van der Waals surface area (Å²) in [6.07, 6.45) is 0.505. The highest BCUT2D eigenvalue weighted by molar-refractivity contribution is 9.10. The van der Waals surface area contributed by atoms with Crippen molar-refractivity contribution >= 4 is 33.5 Å². The first kappa shape index (κ1) is 12.9. The van der Waals surface area contributed by atoms with Gasteiger partial charge in [0.05, 0.1) is 5.92 Å². The molecule has 5 nitrogen and oxygen atoms in total. The Morgan fingerprint density at radius 2 is 2.11 bits per heavy atom. The van der Waals surface area contributed by atoms with Crippen LogP contribution in [0.15, 0.2) is 22.7 Å². The molecule has 1 unspecified atom stereocenters. The summed E-state index contributed by atoms with van der Waals surface area (Å²) in [5.74, 6) is -1.48. The second-order valence-electron chi connectivity index (χ2n) is 4.35. The first-order chi connectivity index (χ1) is 8.47. The Kier molecular flexibility index (Phi) is 3.56. The van der Waals surface area contributed by atoms with Crippen LogP contribution in [0, 0.1) is 5.92 Å². The maximum atomic E-state index is 12.2. The lowest BCUT2D eigenvalue weighted by Gasteiger charge is -2.16. The van der Waals surface area contributed by atoms with E-state index in [4.69, 9.17) is 10.8 Å². The lowest BCUT2D eigenvalue weighted by molar-refractivity contribution is -0.141. The predicted octanol–water partition coefficient (Wildman–Crippen LogP) is 1.58. The normalized spacial score (nSPS) is 18.9. The molecule has 3 N–H and O–H groups in total. The topological polar surface area (TPSA) is 83.6 Å². The fourth-order valence-electron chi connectivity index (χ4n) is 2.06. The number of halogens is 1. The van der Waals surface area contributed by atoms with Gasteiger partial charge in [0.15, 0.2) is 0 Å². The second-order valence-corrected chi connectivity index (χ2v) is 5.26. The average Bonchev–Trinajstić information content (AvgIpc) is 2.75. The molecular formula is C12H13BrN2O3. The molecule has 0 aromatic heterocycles. The van der Waals surface area contributed by atoms with Crippen LogP contribution in [0.1, 0.15) is 16.8 Å². The van der Waals surface area contributed by atoms with Crippen LogP contribution in [0.4, 0.5) is 5.69 Å². The zero-order valence-corrected chi connectivity index (χ0v) is 11.2. The van der Waals surface area contributed by atoms with Gasteiger partial charge in [-0.2, -0.15) is 0 Å². The van der Waals surface area contributed by atoms with Crippen molar-refractivity contribution in [2.75, 3.05) is 18.8 Å². The molecule has 0 radical (unpaired) electrons. The van der Waals surface area contributed by atoms with E-state index in [2.05, 4.69) is 15.9 Å². The number of amides is 1. The molecule has 2 rings (SSSR count). The molecule has 1 heterocycles. The third kappa shape index (κ3) is 2.64. The van der Waals surface area contributed by atoms with Gasteiger partial charge in [-0.3, -0.25) is 9.59 Å². The zero-order chi connectivity index (χ0) is 13.3. The van der Waals surface area contributed by atoms with E-state index in [9.17, 15) is 9.59 Å². The Balaban J connectivity index is 2.15. The van der Waals surface area contributed by atoms with Crippen LogP contribution in [0.3, 0.4) is 0 Å². The summed E-state index contributed by atoms with van der Waals surface area (Å²) >= 11 is 3.28. The number of aliphatic carboxylic acids is 1. The predicted molar refractivity (Wildman–Crippen MR) is 70.2 cm³/mol. The third-order valence-electron chi connectivity index (χ3n) is 2.99. The van der Waals surface area contributed by atoms with Gasteiger partial charge < -0.3 is 15.7 Å². The van der Waals surface area contributed by atoms with Gasteiger partial charge in [0.2, 0.25) is 0 Å². The number of likely N-dealkylation sites (tertiary alicyclic amines) is 1. The molecule has 0 spiro atoms. The number of nitrogens with zero attached hydrogens (tertiary/aromatic N) is 1. The molecule has 0 aliphatic carbocycles. The van der Waals surface area contributed by atoms with Gasteiger partial charge in [-0.1, -0.05) is 15.9 Å². The van der Waals surface area contributed by atoms with Crippen molar-refractivity contribution in [1.29, 1.82) is 0 Å². The monoisotopic (exact) mass is 312 g/mol. The van der Waals surface area contributed by atoms with Gasteiger partial charge in [-0.05, 0) is 24.6 Å². The smallest absolute Gasteiger partial charge is 0.308 e. The number of carbonyl (C=O) groups excluding carboxylic acids is 1. The van der Waals surface area contributed by atoms with Gasteiger partial charge in [-0.25, -0.2) is 0 Å². The maximum Gasteiger partial charge on any atom is 0.308 e. The van der Waals surface area contributed by atoms with E-state index in [-0.39, 0.29) is 12.5 Å². The number of rotatable bonds is 2. The summed E-state index contributed by atoms with van der Waals surface area (Å²) in [4.78, 5) is 24.6. The highest BCUT2D eigenvalue weighted by Gasteiger charge is 2.31. The highest BCUT2D eigenvalue weighted by atomic mass is 79.9. The highest BCUT2D eigenvalue weighted by Crippen LogP contribution is 2.22. The standard InChI is InChI=1S/C12H13BrN2O3/c13-9-3-8(4-10(14)5-9)11(16)15-2-1-7(6-15)12(17)18/h3-5,7H,1-2,6,14H2,(H,17,18). The third-order valence-corrected chi connectivity index (χ3v) is 3.45. The van der Waals surface area contributed by atoms with Crippen LogP contribution in [0.5, 0.6) is 0 Å². The summed E-state index contributed by atoms with van der Waals surface area (Å²) in [5, 5.41) is 8.91.